The van der Waals surface area contributed by atoms with Gasteiger partial charge in [0.25, 0.3) is 0 Å². The van der Waals surface area contributed by atoms with Crippen molar-refractivity contribution in [2.24, 2.45) is 0 Å². The third-order valence-electron chi connectivity index (χ3n) is 8.81. The molecule has 6 rings (SSSR count). The van der Waals surface area contributed by atoms with Gasteiger partial charge in [0.05, 0.1) is 10.0 Å². The number of hydrogen-bond acceptors (Lipinski definition) is 6. The van der Waals surface area contributed by atoms with Gasteiger partial charge < -0.3 is 20.9 Å². The summed E-state index contributed by atoms with van der Waals surface area (Å²) in [5, 5.41) is 5.52. The molecule has 0 spiro atoms. The number of anilines is 2. The van der Waals surface area contributed by atoms with Gasteiger partial charge in [-0.3, -0.25) is 4.79 Å². The normalized spacial score (nSPS) is 30.5. The summed E-state index contributed by atoms with van der Waals surface area (Å²) in [6, 6.07) is 14.7. The highest BCUT2D eigenvalue weighted by Crippen LogP contribution is 2.44. The topological polar surface area (TPSA) is 61.6 Å². The van der Waals surface area contributed by atoms with Crippen molar-refractivity contribution >= 4 is 64.5 Å². The van der Waals surface area contributed by atoms with E-state index in [4.69, 9.17) is 28.9 Å². The van der Waals surface area contributed by atoms with Crippen molar-refractivity contribution in [3.63, 3.8) is 0 Å². The quantitative estimate of drug-likeness (QED) is 0.272. The van der Waals surface area contributed by atoms with E-state index in [9.17, 15) is 4.79 Å². The molecule has 4 heterocycles. The molecule has 9 heteroatoms. The zero-order chi connectivity index (χ0) is 26.8. The SMILES string of the molecule is CN1[C@@H]2CC[C@H]1CC(Sc1ccc(N)cc1Cl)C2.CN1[C@@H]2CC[C@H]1CC(Sc1ccc(NC=O)cc1Cl)C2. The molecule has 206 valence electrons. The summed E-state index contributed by atoms with van der Waals surface area (Å²) in [6.45, 7) is 0. The van der Waals surface area contributed by atoms with Crippen LogP contribution in [0.15, 0.2) is 46.2 Å². The summed E-state index contributed by atoms with van der Waals surface area (Å²) < 4.78 is 0. The van der Waals surface area contributed by atoms with E-state index in [1.165, 1.54) is 56.3 Å². The van der Waals surface area contributed by atoms with E-state index in [0.29, 0.717) is 16.9 Å². The molecular weight excluding hydrogens is 555 g/mol. The first kappa shape index (κ1) is 28.4. The molecule has 2 unspecified atom stereocenters. The van der Waals surface area contributed by atoms with Crippen LogP contribution in [0.2, 0.25) is 10.0 Å². The average molecular weight is 594 g/mol. The fourth-order valence-electron chi connectivity index (χ4n) is 6.64. The summed E-state index contributed by atoms with van der Waals surface area (Å²) in [5.41, 5.74) is 7.22. The summed E-state index contributed by atoms with van der Waals surface area (Å²) in [4.78, 5) is 17.9. The Morgan fingerprint density at radius 3 is 1.66 bits per heavy atom. The van der Waals surface area contributed by atoms with Crippen LogP contribution in [0, 0.1) is 0 Å². The summed E-state index contributed by atoms with van der Waals surface area (Å²) in [7, 11) is 4.54. The molecule has 4 saturated heterocycles. The largest absolute Gasteiger partial charge is 0.399 e. The predicted molar refractivity (Wildman–Crippen MR) is 164 cm³/mol. The van der Waals surface area contributed by atoms with Gasteiger partial charge in [0.2, 0.25) is 6.41 Å². The number of carbonyl (C=O) groups is 1. The van der Waals surface area contributed by atoms with E-state index >= 15 is 0 Å². The third kappa shape index (κ3) is 6.61. The Labute approximate surface area is 245 Å². The molecule has 4 aliphatic rings. The Balaban J connectivity index is 0.000000156. The number of nitrogen functional groups attached to an aromatic ring is 1. The van der Waals surface area contributed by atoms with Crippen molar-refractivity contribution in [3.05, 3.63) is 46.4 Å². The number of carbonyl (C=O) groups excluding carboxylic acids is 1. The first-order chi connectivity index (χ1) is 18.3. The van der Waals surface area contributed by atoms with E-state index in [0.717, 1.165) is 50.5 Å². The Bertz CT molecular complexity index is 1110. The van der Waals surface area contributed by atoms with Gasteiger partial charge in [-0.1, -0.05) is 23.2 Å². The minimum absolute atomic E-state index is 0.658. The smallest absolute Gasteiger partial charge is 0.211 e. The number of halogens is 2. The molecule has 4 aliphatic heterocycles. The molecule has 1 amide bonds. The average Bonchev–Trinajstić information content (AvgIpc) is 3.21. The zero-order valence-corrected chi connectivity index (χ0v) is 25.3. The Hall–Kier alpha value is -1.09. The van der Waals surface area contributed by atoms with Gasteiger partial charge >= 0.3 is 0 Å². The number of hydrogen-bond donors (Lipinski definition) is 2. The number of nitrogens with zero attached hydrogens (tertiary/aromatic N) is 2. The molecular formula is C29H38Cl2N4OS2. The first-order valence-electron chi connectivity index (χ1n) is 13.6. The standard InChI is InChI=1S/C15H19ClN2OS.C14H19ClN2S/c1-18-11-3-4-12(18)8-13(7-11)20-15-5-2-10(17-9-19)6-14(15)16;1-17-10-3-4-11(17)8-12(7-10)18-14-5-2-9(16)6-13(14)15/h2,5-6,9,11-13H,3-4,7-8H2,1H3,(H,17,19);2,5-6,10-12H,3-4,7-8,16H2,1H3/t11-,12+,13?;10-,11+,12?. The van der Waals surface area contributed by atoms with Crippen LogP contribution in [0.5, 0.6) is 0 Å². The van der Waals surface area contributed by atoms with E-state index in [2.05, 4.69) is 35.3 Å². The number of thioether (sulfide) groups is 2. The summed E-state index contributed by atoms with van der Waals surface area (Å²) in [6.07, 6.45) is 11.2. The van der Waals surface area contributed by atoms with Gasteiger partial charge in [-0.2, -0.15) is 0 Å². The molecule has 5 nitrogen and oxygen atoms in total. The van der Waals surface area contributed by atoms with Crippen LogP contribution in [0.25, 0.3) is 0 Å². The van der Waals surface area contributed by atoms with Crippen LogP contribution in [0.3, 0.4) is 0 Å². The number of benzene rings is 2. The van der Waals surface area contributed by atoms with Crippen LogP contribution in [-0.2, 0) is 4.79 Å². The van der Waals surface area contributed by atoms with Crippen molar-refractivity contribution in [1.29, 1.82) is 0 Å². The van der Waals surface area contributed by atoms with Gasteiger partial charge in [0.1, 0.15) is 0 Å². The lowest BCUT2D eigenvalue weighted by atomic mass is 10.0. The van der Waals surface area contributed by atoms with E-state index in [-0.39, 0.29) is 0 Å². The Kier molecular flexibility index (Phi) is 9.44. The monoisotopic (exact) mass is 592 g/mol. The maximum absolute atomic E-state index is 10.4. The molecule has 0 radical (unpaired) electrons. The van der Waals surface area contributed by atoms with Crippen LogP contribution >= 0.6 is 46.7 Å². The molecule has 0 aromatic heterocycles. The molecule has 0 saturated carbocycles. The fraction of sp³-hybridized carbons (Fsp3) is 0.552. The van der Waals surface area contributed by atoms with Crippen molar-refractivity contribution in [3.8, 4) is 0 Å². The second kappa shape index (κ2) is 12.6. The highest BCUT2D eigenvalue weighted by molar-refractivity contribution is 8.00. The number of nitrogens with two attached hydrogens (primary N) is 1. The number of piperidine rings is 2. The highest BCUT2D eigenvalue weighted by atomic mass is 35.5. The van der Waals surface area contributed by atoms with Gasteiger partial charge in [-0.05, 0) is 102 Å². The van der Waals surface area contributed by atoms with Gasteiger partial charge in [-0.15, -0.1) is 23.5 Å². The lowest BCUT2D eigenvalue weighted by Crippen LogP contribution is -2.40. The fourth-order valence-corrected chi connectivity index (χ4v) is 9.91. The molecule has 3 N–H and O–H groups in total. The molecule has 0 aliphatic carbocycles. The van der Waals surface area contributed by atoms with Crippen LogP contribution in [-0.4, -0.2) is 65.0 Å². The number of amides is 1. The molecule has 4 bridgehead atoms. The van der Waals surface area contributed by atoms with Gasteiger partial charge in [0, 0.05) is 55.8 Å². The van der Waals surface area contributed by atoms with Crippen molar-refractivity contribution in [1.82, 2.24) is 9.80 Å². The highest BCUT2D eigenvalue weighted by Gasteiger charge is 2.39. The van der Waals surface area contributed by atoms with E-state index in [1.54, 1.807) is 0 Å². The van der Waals surface area contributed by atoms with Crippen molar-refractivity contribution in [2.75, 3.05) is 25.1 Å². The second-order valence-electron chi connectivity index (χ2n) is 11.1. The minimum Gasteiger partial charge on any atom is -0.399 e. The van der Waals surface area contributed by atoms with Crippen LogP contribution in [0.4, 0.5) is 11.4 Å². The zero-order valence-electron chi connectivity index (χ0n) is 22.1. The van der Waals surface area contributed by atoms with Crippen molar-refractivity contribution in [2.45, 2.75) is 95.8 Å². The lowest BCUT2D eigenvalue weighted by molar-refractivity contribution is -0.105. The van der Waals surface area contributed by atoms with Crippen LogP contribution < -0.4 is 11.1 Å². The van der Waals surface area contributed by atoms with E-state index < -0.39 is 0 Å². The van der Waals surface area contributed by atoms with E-state index in [1.807, 2.05) is 53.9 Å². The summed E-state index contributed by atoms with van der Waals surface area (Å²) >= 11 is 16.4. The maximum atomic E-state index is 10.4. The number of rotatable bonds is 6. The minimum atomic E-state index is 0.658. The summed E-state index contributed by atoms with van der Waals surface area (Å²) in [5.74, 6) is 0. The second-order valence-corrected chi connectivity index (χ2v) is 14.6. The first-order valence-corrected chi connectivity index (χ1v) is 16.1. The van der Waals surface area contributed by atoms with Crippen LogP contribution in [0.1, 0.15) is 51.4 Å². The van der Waals surface area contributed by atoms with Gasteiger partial charge in [-0.25, -0.2) is 0 Å². The molecule has 4 fully saturated rings. The molecule has 2 aromatic rings. The Morgan fingerprint density at radius 2 is 1.24 bits per heavy atom. The lowest BCUT2D eigenvalue weighted by Gasteiger charge is -2.36. The number of nitrogens with one attached hydrogen (secondary N) is 1. The van der Waals surface area contributed by atoms with Gasteiger partial charge in [0.15, 0.2) is 0 Å². The Morgan fingerprint density at radius 1 is 0.789 bits per heavy atom. The van der Waals surface area contributed by atoms with Crippen molar-refractivity contribution < 1.29 is 4.79 Å². The third-order valence-corrected chi connectivity index (χ3v) is 12.3. The maximum Gasteiger partial charge on any atom is 0.211 e. The molecule has 6 atom stereocenters. The predicted octanol–water partition coefficient (Wildman–Crippen LogP) is 7.27. The molecule has 2 aromatic carbocycles. The molecule has 38 heavy (non-hydrogen) atoms. The number of fused-ring (bicyclic) bond motifs is 4.